The van der Waals surface area contributed by atoms with Gasteiger partial charge >= 0.3 is 5.69 Å². The zero-order valence-electron chi connectivity index (χ0n) is 16.5. The molecule has 2 aromatic rings. The maximum Gasteiger partial charge on any atom is 0.335 e. The molecule has 1 fully saturated rings. The average Bonchev–Trinajstić information content (AvgIpc) is 2.56. The minimum absolute atomic E-state index is 0.0160. The van der Waals surface area contributed by atoms with Crippen molar-refractivity contribution in [2.24, 2.45) is 15.8 Å². The monoisotopic (exact) mass is 385 g/mol. The van der Waals surface area contributed by atoms with Gasteiger partial charge in [-0.1, -0.05) is 39.0 Å². The van der Waals surface area contributed by atoms with Crippen molar-refractivity contribution in [1.29, 1.82) is 0 Å². The van der Waals surface area contributed by atoms with E-state index in [1.165, 1.54) is 6.21 Å². The van der Waals surface area contributed by atoms with E-state index < -0.39 is 17.1 Å². The zero-order chi connectivity index (χ0) is 20.5. The maximum atomic E-state index is 12.2. The highest BCUT2D eigenvalue weighted by Gasteiger charge is 2.40. The Bertz CT molecular complexity index is 991. The van der Waals surface area contributed by atoms with Crippen LogP contribution in [0.4, 0.5) is 0 Å². The highest BCUT2D eigenvalue weighted by atomic mass is 16.3. The van der Waals surface area contributed by atoms with E-state index >= 15 is 0 Å². The number of aliphatic hydroxyl groups excluding tert-OH is 1. The van der Waals surface area contributed by atoms with E-state index in [4.69, 9.17) is 0 Å². The van der Waals surface area contributed by atoms with Crippen LogP contribution in [0.5, 0.6) is 5.88 Å². The van der Waals surface area contributed by atoms with Gasteiger partial charge in [0.2, 0.25) is 5.88 Å². The number of nitrogens with zero attached hydrogens (tertiary/aromatic N) is 2. The molecule has 0 amide bonds. The van der Waals surface area contributed by atoms with Crippen molar-refractivity contribution in [2.75, 3.05) is 6.54 Å². The Morgan fingerprint density at radius 2 is 1.89 bits per heavy atom. The van der Waals surface area contributed by atoms with Crippen molar-refractivity contribution in [1.82, 2.24) is 9.55 Å². The highest BCUT2D eigenvalue weighted by Crippen LogP contribution is 2.46. The molecular formula is C21H27N3O4. The van der Waals surface area contributed by atoms with Gasteiger partial charge in [0, 0.05) is 12.8 Å². The first-order valence-electron chi connectivity index (χ1n) is 9.42. The summed E-state index contributed by atoms with van der Waals surface area (Å²) in [6, 6.07) is 8.58. The van der Waals surface area contributed by atoms with Gasteiger partial charge in [0.15, 0.2) is 0 Å². The van der Waals surface area contributed by atoms with Crippen LogP contribution < -0.4 is 11.2 Å². The Kier molecular flexibility index (Phi) is 5.30. The van der Waals surface area contributed by atoms with Gasteiger partial charge in [-0.2, -0.15) is 0 Å². The van der Waals surface area contributed by atoms with Crippen LogP contribution in [-0.2, 0) is 0 Å². The smallest absolute Gasteiger partial charge is 0.335 e. The fourth-order valence-corrected chi connectivity index (χ4v) is 4.53. The molecule has 150 valence electrons. The number of hydrogen-bond acceptors (Lipinski definition) is 5. The van der Waals surface area contributed by atoms with Crippen molar-refractivity contribution in [2.45, 2.75) is 46.1 Å². The number of rotatable bonds is 4. The molecule has 2 atom stereocenters. The van der Waals surface area contributed by atoms with E-state index in [9.17, 15) is 19.8 Å². The van der Waals surface area contributed by atoms with Crippen LogP contribution in [-0.4, -0.2) is 38.6 Å². The third-order valence-corrected chi connectivity index (χ3v) is 5.25. The highest BCUT2D eigenvalue weighted by molar-refractivity contribution is 5.82. The molecular weight excluding hydrogens is 358 g/mol. The second-order valence-corrected chi connectivity index (χ2v) is 8.85. The van der Waals surface area contributed by atoms with Crippen molar-refractivity contribution >= 4 is 6.21 Å². The number of aromatic amines is 1. The van der Waals surface area contributed by atoms with Gasteiger partial charge in [-0.25, -0.2) is 9.36 Å². The van der Waals surface area contributed by atoms with Gasteiger partial charge < -0.3 is 10.2 Å². The molecule has 7 nitrogen and oxygen atoms in total. The number of benzene rings is 1. The number of aliphatic hydroxyl groups is 1. The summed E-state index contributed by atoms with van der Waals surface area (Å²) < 4.78 is 1.04. The molecule has 28 heavy (non-hydrogen) atoms. The van der Waals surface area contributed by atoms with Gasteiger partial charge in [-0.05, 0) is 42.2 Å². The molecule has 3 N–H and O–H groups in total. The topological polar surface area (TPSA) is 108 Å². The molecule has 7 heteroatoms. The number of hydrogen-bond donors (Lipinski definition) is 3. The van der Waals surface area contributed by atoms with E-state index in [0.29, 0.717) is 18.7 Å². The first-order chi connectivity index (χ1) is 13.1. The normalized spacial score (nSPS) is 24.5. The summed E-state index contributed by atoms with van der Waals surface area (Å²) in [5, 5.41) is 20.7. The summed E-state index contributed by atoms with van der Waals surface area (Å²) in [5.41, 5.74) is -1.21. The minimum Gasteiger partial charge on any atom is -0.493 e. The van der Waals surface area contributed by atoms with Gasteiger partial charge in [-0.15, -0.1) is 0 Å². The van der Waals surface area contributed by atoms with Crippen molar-refractivity contribution < 1.29 is 10.2 Å². The number of para-hydroxylation sites is 1. The van der Waals surface area contributed by atoms with Crippen LogP contribution in [0.2, 0.25) is 0 Å². The second-order valence-electron chi connectivity index (χ2n) is 8.85. The molecule has 1 aromatic heterocycles. The van der Waals surface area contributed by atoms with E-state index in [1.807, 2.05) is 0 Å². The Morgan fingerprint density at radius 3 is 2.54 bits per heavy atom. The van der Waals surface area contributed by atoms with Gasteiger partial charge in [-0.3, -0.25) is 14.8 Å². The fourth-order valence-electron chi connectivity index (χ4n) is 4.53. The summed E-state index contributed by atoms with van der Waals surface area (Å²) >= 11 is 0. The first-order valence-corrected chi connectivity index (χ1v) is 9.42. The molecule has 1 saturated carbocycles. The molecule has 0 spiro atoms. The molecule has 0 radical (unpaired) electrons. The third-order valence-electron chi connectivity index (χ3n) is 5.25. The quantitative estimate of drug-likeness (QED) is 0.701. The van der Waals surface area contributed by atoms with Crippen LogP contribution in [0.15, 0.2) is 44.9 Å². The molecule has 0 bridgehead atoms. The Morgan fingerprint density at radius 1 is 1.21 bits per heavy atom. The van der Waals surface area contributed by atoms with E-state index in [-0.39, 0.29) is 22.5 Å². The summed E-state index contributed by atoms with van der Waals surface area (Å²) in [5.74, 6) is -0.446. The molecule has 1 aliphatic carbocycles. The lowest BCUT2D eigenvalue weighted by Gasteiger charge is -2.44. The van der Waals surface area contributed by atoms with Crippen molar-refractivity contribution in [3.8, 4) is 11.6 Å². The fraction of sp³-hybridized carbons (Fsp3) is 0.476. The lowest BCUT2D eigenvalue weighted by atomic mass is 9.63. The molecule has 2 unspecified atom stereocenters. The van der Waals surface area contributed by atoms with Gasteiger partial charge in [0.1, 0.15) is 5.56 Å². The lowest BCUT2D eigenvalue weighted by Crippen LogP contribution is -2.40. The van der Waals surface area contributed by atoms with Gasteiger partial charge in [0.25, 0.3) is 5.56 Å². The minimum atomic E-state index is -0.713. The van der Waals surface area contributed by atoms with Crippen molar-refractivity contribution in [3.05, 3.63) is 56.7 Å². The van der Waals surface area contributed by atoms with Gasteiger partial charge in [0.05, 0.1) is 11.8 Å². The largest absolute Gasteiger partial charge is 0.493 e. The molecule has 1 aromatic carbocycles. The lowest BCUT2D eigenvalue weighted by molar-refractivity contribution is -0.00472. The number of nitrogens with one attached hydrogen (secondary N) is 1. The second kappa shape index (κ2) is 7.39. The number of H-pyrrole nitrogens is 1. The van der Waals surface area contributed by atoms with E-state index in [2.05, 4.69) is 30.7 Å². The van der Waals surface area contributed by atoms with Crippen LogP contribution in [0, 0.1) is 10.8 Å². The SMILES string of the molecule is CC1(C)CC(O)CC(C)(CN=Cc2c(O)n(-c3ccccc3)c(=O)[nH]c2=O)C1. The van der Waals surface area contributed by atoms with E-state index in [1.54, 1.807) is 30.3 Å². The summed E-state index contributed by atoms with van der Waals surface area (Å²) in [6.07, 6.45) is 3.24. The first kappa shape index (κ1) is 20.1. The Balaban J connectivity index is 1.91. The molecule has 1 heterocycles. The van der Waals surface area contributed by atoms with Crippen LogP contribution in [0.1, 0.15) is 45.6 Å². The average molecular weight is 385 g/mol. The van der Waals surface area contributed by atoms with Crippen LogP contribution >= 0.6 is 0 Å². The van der Waals surface area contributed by atoms with Crippen LogP contribution in [0.3, 0.4) is 0 Å². The summed E-state index contributed by atoms with van der Waals surface area (Å²) in [7, 11) is 0. The molecule has 0 saturated heterocycles. The molecule has 0 aliphatic heterocycles. The number of aliphatic imine (C=N–C) groups is 1. The van der Waals surface area contributed by atoms with E-state index in [0.717, 1.165) is 17.4 Å². The maximum absolute atomic E-state index is 12.2. The number of aromatic nitrogens is 2. The summed E-state index contributed by atoms with van der Waals surface area (Å²) in [6.45, 7) is 6.74. The third kappa shape index (κ3) is 4.25. The zero-order valence-corrected chi connectivity index (χ0v) is 16.5. The standard InChI is InChI=1S/C21H27N3O4/c1-20(2)9-15(25)10-21(3,12-20)13-22-11-16-17(26)23-19(28)24(18(16)27)14-7-5-4-6-8-14/h4-8,11,15,25,27H,9-10,12-13H2,1-3H3,(H,23,26,28). The Labute approximate surface area is 163 Å². The Hall–Kier alpha value is -2.67. The number of aromatic hydroxyl groups is 1. The molecule has 1 aliphatic rings. The van der Waals surface area contributed by atoms with Crippen LogP contribution in [0.25, 0.3) is 5.69 Å². The summed E-state index contributed by atoms with van der Waals surface area (Å²) in [4.78, 5) is 31.0. The van der Waals surface area contributed by atoms with Crippen molar-refractivity contribution in [3.63, 3.8) is 0 Å². The predicted octanol–water partition coefficient (Wildman–Crippen LogP) is 2.23. The predicted molar refractivity (Wildman–Crippen MR) is 109 cm³/mol. The molecule has 3 rings (SSSR count).